The first-order chi connectivity index (χ1) is 7.31. The standard InChI is InChI=1S/C12H20O4/c1-12(2,3)16-11(15)9-7-5-4-6-8(9)10(13)14/h8-9H,4-7H2,1-3H3,(H,13,14)/t8-,9+/m1/s1. The van der Waals surface area contributed by atoms with E-state index in [1.165, 1.54) is 0 Å². The summed E-state index contributed by atoms with van der Waals surface area (Å²) in [6.07, 6.45) is 3.01. The molecule has 0 aromatic carbocycles. The summed E-state index contributed by atoms with van der Waals surface area (Å²) in [5.41, 5.74) is -0.544. The van der Waals surface area contributed by atoms with Crippen LogP contribution in [0.25, 0.3) is 0 Å². The number of ether oxygens (including phenoxy) is 1. The summed E-state index contributed by atoms with van der Waals surface area (Å²) < 4.78 is 5.26. The molecule has 0 aromatic heterocycles. The van der Waals surface area contributed by atoms with Crippen molar-refractivity contribution in [2.75, 3.05) is 0 Å². The van der Waals surface area contributed by atoms with Crippen LogP contribution >= 0.6 is 0 Å². The van der Waals surface area contributed by atoms with Crippen molar-refractivity contribution in [2.24, 2.45) is 11.8 Å². The maximum absolute atomic E-state index is 11.8. The van der Waals surface area contributed by atoms with E-state index < -0.39 is 23.4 Å². The number of aliphatic carboxylic acids is 1. The predicted octanol–water partition coefficient (Wildman–Crippen LogP) is 2.22. The second-order valence-corrected chi connectivity index (χ2v) is 5.37. The van der Waals surface area contributed by atoms with E-state index in [9.17, 15) is 9.59 Å². The molecular weight excluding hydrogens is 208 g/mol. The average Bonchev–Trinajstić information content (AvgIpc) is 2.15. The first kappa shape index (κ1) is 13.0. The lowest BCUT2D eigenvalue weighted by atomic mass is 9.79. The third-order valence-electron chi connectivity index (χ3n) is 2.79. The molecule has 1 fully saturated rings. The van der Waals surface area contributed by atoms with Gasteiger partial charge in [0.05, 0.1) is 11.8 Å². The topological polar surface area (TPSA) is 63.6 Å². The Hall–Kier alpha value is -1.06. The van der Waals surface area contributed by atoms with Crippen LogP contribution in [0.4, 0.5) is 0 Å². The van der Waals surface area contributed by atoms with E-state index in [-0.39, 0.29) is 5.97 Å². The molecule has 4 heteroatoms. The van der Waals surface area contributed by atoms with Gasteiger partial charge in [-0.15, -0.1) is 0 Å². The summed E-state index contributed by atoms with van der Waals surface area (Å²) in [6, 6.07) is 0. The maximum atomic E-state index is 11.8. The number of rotatable bonds is 2. The van der Waals surface area contributed by atoms with Crippen LogP contribution in [0.3, 0.4) is 0 Å². The Morgan fingerprint density at radius 1 is 1.12 bits per heavy atom. The Bertz CT molecular complexity index is 277. The minimum atomic E-state index is -0.879. The van der Waals surface area contributed by atoms with Gasteiger partial charge in [0.1, 0.15) is 5.60 Å². The summed E-state index contributed by atoms with van der Waals surface area (Å²) in [4.78, 5) is 22.9. The maximum Gasteiger partial charge on any atom is 0.310 e. The molecule has 0 heterocycles. The van der Waals surface area contributed by atoms with E-state index in [1.54, 1.807) is 20.8 Å². The Labute approximate surface area is 96.0 Å². The molecule has 1 rings (SSSR count). The Morgan fingerprint density at radius 3 is 2.06 bits per heavy atom. The number of esters is 1. The van der Waals surface area contributed by atoms with Crippen LogP contribution in [-0.4, -0.2) is 22.6 Å². The van der Waals surface area contributed by atoms with Crippen LogP contribution in [0.5, 0.6) is 0 Å². The molecule has 4 nitrogen and oxygen atoms in total. The van der Waals surface area contributed by atoms with Crippen molar-refractivity contribution < 1.29 is 19.4 Å². The molecule has 0 bridgehead atoms. The SMILES string of the molecule is CC(C)(C)OC(=O)[C@H]1CCCC[C@H]1C(=O)O. The van der Waals surface area contributed by atoms with Crippen molar-refractivity contribution >= 4 is 11.9 Å². The zero-order valence-corrected chi connectivity index (χ0v) is 10.2. The number of hydrogen-bond acceptors (Lipinski definition) is 3. The summed E-state index contributed by atoms with van der Waals surface area (Å²) in [5.74, 6) is -2.27. The van der Waals surface area contributed by atoms with Gasteiger partial charge in [0.15, 0.2) is 0 Å². The predicted molar refractivity (Wildman–Crippen MR) is 58.9 cm³/mol. The molecule has 0 saturated heterocycles. The highest BCUT2D eigenvalue weighted by molar-refractivity contribution is 5.81. The van der Waals surface area contributed by atoms with Gasteiger partial charge in [-0.3, -0.25) is 9.59 Å². The van der Waals surface area contributed by atoms with Crippen LogP contribution in [0.2, 0.25) is 0 Å². The number of carbonyl (C=O) groups excluding carboxylic acids is 1. The van der Waals surface area contributed by atoms with Crippen molar-refractivity contribution in [2.45, 2.75) is 52.1 Å². The molecule has 16 heavy (non-hydrogen) atoms. The summed E-state index contributed by atoms with van der Waals surface area (Å²) in [6.45, 7) is 5.39. The fourth-order valence-corrected chi connectivity index (χ4v) is 2.09. The van der Waals surface area contributed by atoms with Gasteiger partial charge in [-0.2, -0.15) is 0 Å². The quantitative estimate of drug-likeness (QED) is 0.736. The van der Waals surface area contributed by atoms with Crippen molar-refractivity contribution in [3.63, 3.8) is 0 Å². The van der Waals surface area contributed by atoms with E-state index in [1.807, 2.05) is 0 Å². The van der Waals surface area contributed by atoms with Gasteiger partial charge in [-0.1, -0.05) is 12.8 Å². The van der Waals surface area contributed by atoms with E-state index >= 15 is 0 Å². The largest absolute Gasteiger partial charge is 0.481 e. The van der Waals surface area contributed by atoms with Crippen LogP contribution in [0, 0.1) is 11.8 Å². The third-order valence-corrected chi connectivity index (χ3v) is 2.79. The van der Waals surface area contributed by atoms with Crippen molar-refractivity contribution in [1.29, 1.82) is 0 Å². The lowest BCUT2D eigenvalue weighted by Crippen LogP contribution is -2.37. The zero-order valence-electron chi connectivity index (χ0n) is 10.2. The molecule has 0 aromatic rings. The second kappa shape index (κ2) is 4.85. The lowest BCUT2D eigenvalue weighted by molar-refractivity contribution is -0.168. The Morgan fingerprint density at radius 2 is 1.62 bits per heavy atom. The molecule has 2 atom stereocenters. The van der Waals surface area contributed by atoms with Crippen LogP contribution in [-0.2, 0) is 14.3 Å². The summed E-state index contributed by atoms with van der Waals surface area (Å²) in [5, 5.41) is 9.05. The fraction of sp³-hybridized carbons (Fsp3) is 0.833. The smallest absolute Gasteiger partial charge is 0.310 e. The van der Waals surface area contributed by atoms with Crippen molar-refractivity contribution in [1.82, 2.24) is 0 Å². The molecule has 1 saturated carbocycles. The van der Waals surface area contributed by atoms with E-state index in [0.29, 0.717) is 12.8 Å². The minimum absolute atomic E-state index is 0.361. The molecule has 0 unspecified atom stereocenters. The minimum Gasteiger partial charge on any atom is -0.481 e. The van der Waals surface area contributed by atoms with Crippen LogP contribution < -0.4 is 0 Å². The number of carboxylic acids is 1. The molecular formula is C12H20O4. The lowest BCUT2D eigenvalue weighted by Gasteiger charge is -2.30. The average molecular weight is 228 g/mol. The van der Waals surface area contributed by atoms with Gasteiger partial charge >= 0.3 is 11.9 Å². The molecule has 0 spiro atoms. The van der Waals surface area contributed by atoms with Gasteiger partial charge in [-0.25, -0.2) is 0 Å². The van der Waals surface area contributed by atoms with E-state index in [2.05, 4.69) is 0 Å². The highest BCUT2D eigenvalue weighted by Gasteiger charge is 2.38. The van der Waals surface area contributed by atoms with E-state index in [0.717, 1.165) is 12.8 Å². The zero-order chi connectivity index (χ0) is 12.3. The summed E-state index contributed by atoms with van der Waals surface area (Å²) >= 11 is 0. The monoisotopic (exact) mass is 228 g/mol. The molecule has 92 valence electrons. The van der Waals surface area contributed by atoms with E-state index in [4.69, 9.17) is 9.84 Å². The third kappa shape index (κ3) is 3.51. The van der Waals surface area contributed by atoms with Crippen molar-refractivity contribution in [3.05, 3.63) is 0 Å². The van der Waals surface area contributed by atoms with Gasteiger partial charge in [0.2, 0.25) is 0 Å². The first-order valence-electron chi connectivity index (χ1n) is 5.77. The van der Waals surface area contributed by atoms with Crippen LogP contribution in [0.1, 0.15) is 46.5 Å². The van der Waals surface area contributed by atoms with Gasteiger partial charge in [-0.05, 0) is 33.6 Å². The molecule has 1 aliphatic carbocycles. The number of carboxylic acid groups (broad SMARTS) is 1. The molecule has 0 amide bonds. The highest BCUT2D eigenvalue weighted by Crippen LogP contribution is 2.32. The molecule has 0 radical (unpaired) electrons. The van der Waals surface area contributed by atoms with Gasteiger partial charge in [0.25, 0.3) is 0 Å². The Balaban J connectivity index is 2.68. The molecule has 0 aliphatic heterocycles. The van der Waals surface area contributed by atoms with Gasteiger partial charge in [0, 0.05) is 0 Å². The molecule has 1 aliphatic rings. The molecule has 1 N–H and O–H groups in total. The first-order valence-corrected chi connectivity index (χ1v) is 5.77. The Kier molecular flexibility index (Phi) is 3.94. The normalized spacial score (nSPS) is 26.2. The number of hydrogen-bond donors (Lipinski definition) is 1. The van der Waals surface area contributed by atoms with Gasteiger partial charge < -0.3 is 9.84 Å². The highest BCUT2D eigenvalue weighted by atomic mass is 16.6. The second-order valence-electron chi connectivity index (χ2n) is 5.37. The van der Waals surface area contributed by atoms with Crippen LogP contribution in [0.15, 0.2) is 0 Å². The summed E-state index contributed by atoms with van der Waals surface area (Å²) in [7, 11) is 0. The number of carbonyl (C=O) groups is 2. The fourth-order valence-electron chi connectivity index (χ4n) is 2.09. The van der Waals surface area contributed by atoms with Crippen molar-refractivity contribution in [3.8, 4) is 0 Å².